The van der Waals surface area contributed by atoms with Crippen LogP contribution in [0.5, 0.6) is 0 Å². The molecule has 1 fully saturated rings. The molecule has 0 bridgehead atoms. The molecule has 1 aliphatic rings. The Morgan fingerprint density at radius 1 is 1.21 bits per heavy atom. The van der Waals surface area contributed by atoms with Crippen molar-refractivity contribution in [3.8, 4) is 0 Å². The zero-order chi connectivity index (χ0) is 19.7. The minimum absolute atomic E-state index is 0.126. The lowest BCUT2D eigenvalue weighted by molar-refractivity contribution is -0.384. The lowest BCUT2D eigenvalue weighted by atomic mass is 10.1. The zero-order valence-electron chi connectivity index (χ0n) is 14.1. The Labute approximate surface area is 168 Å². The number of hydrogen-bond acceptors (Lipinski definition) is 6. The van der Waals surface area contributed by atoms with Gasteiger partial charge >= 0.3 is 0 Å². The Hall–Kier alpha value is -3.23. The van der Waals surface area contributed by atoms with Crippen LogP contribution in [0.1, 0.15) is 5.56 Å². The molecule has 0 radical (unpaired) electrons. The van der Waals surface area contributed by atoms with Crippen LogP contribution < -0.4 is 5.32 Å². The first-order valence-corrected chi connectivity index (χ1v) is 9.27. The maximum absolute atomic E-state index is 12.3. The standard InChI is InChI=1S/C19H11ClN4O3S/c20-14-5-4-13(24(26)27)10-16(14)22-19-23-18(25)17(28-19)9-11-3-6-15-12(8-11)2-1-7-21-15/h1-10H,(H,22,23,25)/b17-9+. The van der Waals surface area contributed by atoms with Gasteiger partial charge in [0.05, 0.1) is 26.1 Å². The molecule has 1 amide bonds. The van der Waals surface area contributed by atoms with Crippen LogP contribution in [0.4, 0.5) is 11.4 Å². The predicted molar refractivity (Wildman–Crippen MR) is 111 cm³/mol. The second-order valence-corrected chi connectivity index (χ2v) is 7.27. The maximum Gasteiger partial charge on any atom is 0.271 e. The summed E-state index contributed by atoms with van der Waals surface area (Å²) < 4.78 is 0. The Kier molecular flexibility index (Phi) is 4.81. The number of nitro benzene ring substituents is 1. The van der Waals surface area contributed by atoms with Gasteiger partial charge in [0.25, 0.3) is 11.6 Å². The minimum Gasteiger partial charge on any atom is -0.300 e. The quantitative estimate of drug-likeness (QED) is 0.384. The first-order chi connectivity index (χ1) is 13.5. The van der Waals surface area contributed by atoms with E-state index in [1.54, 1.807) is 12.3 Å². The lowest BCUT2D eigenvalue weighted by Gasteiger charge is -2.00. The number of fused-ring (bicyclic) bond motifs is 1. The lowest BCUT2D eigenvalue weighted by Crippen LogP contribution is -2.19. The van der Waals surface area contributed by atoms with Gasteiger partial charge in [-0.25, -0.2) is 4.99 Å². The van der Waals surface area contributed by atoms with E-state index in [2.05, 4.69) is 15.3 Å². The van der Waals surface area contributed by atoms with Crippen molar-refractivity contribution in [2.24, 2.45) is 4.99 Å². The Morgan fingerprint density at radius 3 is 2.89 bits per heavy atom. The summed E-state index contributed by atoms with van der Waals surface area (Å²) in [7, 11) is 0. The molecule has 9 heteroatoms. The number of amidine groups is 1. The number of hydrogen-bond donors (Lipinski definition) is 1. The van der Waals surface area contributed by atoms with Crippen molar-refractivity contribution in [2.75, 3.05) is 0 Å². The van der Waals surface area contributed by atoms with Crippen LogP contribution in [0.2, 0.25) is 5.02 Å². The van der Waals surface area contributed by atoms with Crippen molar-refractivity contribution >= 4 is 62.8 Å². The summed E-state index contributed by atoms with van der Waals surface area (Å²) in [5.74, 6) is -0.295. The summed E-state index contributed by atoms with van der Waals surface area (Å²) >= 11 is 7.21. The van der Waals surface area contributed by atoms with Crippen molar-refractivity contribution < 1.29 is 9.72 Å². The summed E-state index contributed by atoms with van der Waals surface area (Å²) in [6.45, 7) is 0. The van der Waals surface area contributed by atoms with Gasteiger partial charge < -0.3 is 5.32 Å². The molecule has 1 aromatic heterocycles. The number of aromatic nitrogens is 1. The molecular formula is C19H11ClN4O3S. The molecular weight excluding hydrogens is 400 g/mol. The SMILES string of the molecule is O=C1NC(=Nc2cc([N+](=O)[O-])ccc2Cl)S/C1=C/c1ccc2ncccc2c1. The zero-order valence-corrected chi connectivity index (χ0v) is 15.7. The number of thioether (sulfide) groups is 1. The number of halogens is 1. The normalized spacial score (nSPS) is 16.7. The van der Waals surface area contributed by atoms with Gasteiger partial charge in [0.1, 0.15) is 0 Å². The number of benzene rings is 2. The molecule has 0 unspecified atom stereocenters. The molecule has 4 rings (SSSR count). The number of aliphatic imine (C=N–C) groups is 1. The molecule has 28 heavy (non-hydrogen) atoms. The number of carbonyl (C=O) groups excluding carboxylic acids is 1. The third kappa shape index (κ3) is 3.73. The minimum atomic E-state index is -0.527. The van der Waals surface area contributed by atoms with E-state index in [9.17, 15) is 14.9 Å². The van der Waals surface area contributed by atoms with E-state index in [0.29, 0.717) is 10.1 Å². The van der Waals surface area contributed by atoms with E-state index in [4.69, 9.17) is 11.6 Å². The molecule has 0 aliphatic carbocycles. The fraction of sp³-hybridized carbons (Fsp3) is 0. The molecule has 2 aromatic carbocycles. The van der Waals surface area contributed by atoms with Gasteiger partial charge in [0.2, 0.25) is 0 Å². The van der Waals surface area contributed by atoms with Gasteiger partial charge in [-0.3, -0.25) is 19.9 Å². The Morgan fingerprint density at radius 2 is 2.07 bits per heavy atom. The molecule has 0 spiro atoms. The van der Waals surface area contributed by atoms with Crippen molar-refractivity contribution in [3.63, 3.8) is 0 Å². The van der Waals surface area contributed by atoms with Crippen molar-refractivity contribution in [1.29, 1.82) is 0 Å². The van der Waals surface area contributed by atoms with Crippen LogP contribution in [-0.2, 0) is 4.79 Å². The number of nitrogens with one attached hydrogen (secondary N) is 1. The highest BCUT2D eigenvalue weighted by Gasteiger charge is 2.24. The Balaban J connectivity index is 1.63. The second kappa shape index (κ2) is 7.41. The highest BCUT2D eigenvalue weighted by atomic mass is 35.5. The molecule has 3 aromatic rings. The van der Waals surface area contributed by atoms with Gasteiger partial charge in [-0.15, -0.1) is 0 Å². The number of non-ortho nitro benzene ring substituents is 1. The summed E-state index contributed by atoms with van der Waals surface area (Å²) in [6.07, 6.45) is 3.48. The van der Waals surface area contributed by atoms with Gasteiger partial charge in [-0.2, -0.15) is 0 Å². The summed E-state index contributed by atoms with van der Waals surface area (Å²) in [6, 6.07) is 13.5. The second-order valence-electron chi connectivity index (χ2n) is 5.83. The van der Waals surface area contributed by atoms with Crippen molar-refractivity contribution in [2.45, 2.75) is 0 Å². The highest BCUT2D eigenvalue weighted by Crippen LogP contribution is 2.33. The smallest absolute Gasteiger partial charge is 0.271 e. The van der Waals surface area contributed by atoms with Crippen LogP contribution in [0.25, 0.3) is 17.0 Å². The predicted octanol–water partition coefficient (Wildman–Crippen LogP) is 4.69. The topological polar surface area (TPSA) is 97.5 Å². The Bertz CT molecular complexity index is 1190. The van der Waals surface area contributed by atoms with Crippen LogP contribution in [0.3, 0.4) is 0 Å². The maximum atomic E-state index is 12.3. The van der Waals surface area contributed by atoms with Crippen LogP contribution in [0.15, 0.2) is 64.6 Å². The molecule has 1 saturated heterocycles. The highest BCUT2D eigenvalue weighted by molar-refractivity contribution is 8.18. The fourth-order valence-corrected chi connectivity index (χ4v) is 3.62. The molecule has 138 valence electrons. The largest absolute Gasteiger partial charge is 0.300 e. The fourth-order valence-electron chi connectivity index (χ4n) is 2.63. The third-order valence-electron chi connectivity index (χ3n) is 3.94. The third-order valence-corrected chi connectivity index (χ3v) is 5.17. The van der Waals surface area contributed by atoms with E-state index in [0.717, 1.165) is 28.2 Å². The van der Waals surface area contributed by atoms with Gasteiger partial charge in [0, 0.05) is 23.7 Å². The number of carbonyl (C=O) groups is 1. The number of rotatable bonds is 3. The number of amides is 1. The summed E-state index contributed by atoms with van der Waals surface area (Å²) in [4.78, 5) is 31.7. The average Bonchev–Trinajstić information content (AvgIpc) is 3.02. The molecule has 2 heterocycles. The van der Waals surface area contributed by atoms with Gasteiger partial charge in [-0.05, 0) is 47.7 Å². The van der Waals surface area contributed by atoms with Crippen molar-refractivity contribution in [1.82, 2.24) is 10.3 Å². The summed E-state index contributed by atoms with van der Waals surface area (Å²) in [5, 5.41) is 15.1. The monoisotopic (exact) mass is 410 g/mol. The molecule has 1 aliphatic heterocycles. The number of nitrogens with zero attached hydrogens (tertiary/aromatic N) is 3. The van der Waals surface area contributed by atoms with E-state index in [-0.39, 0.29) is 22.3 Å². The molecule has 0 saturated carbocycles. The first-order valence-electron chi connectivity index (χ1n) is 8.08. The number of pyridine rings is 1. The number of nitro groups is 1. The molecule has 1 N–H and O–H groups in total. The van der Waals surface area contributed by atoms with E-state index >= 15 is 0 Å². The van der Waals surface area contributed by atoms with Crippen LogP contribution in [0, 0.1) is 10.1 Å². The van der Waals surface area contributed by atoms with E-state index < -0.39 is 4.92 Å². The average molecular weight is 411 g/mol. The van der Waals surface area contributed by atoms with Gasteiger partial charge in [-0.1, -0.05) is 23.7 Å². The van der Waals surface area contributed by atoms with Crippen LogP contribution >= 0.6 is 23.4 Å². The molecule has 0 atom stereocenters. The first kappa shape index (κ1) is 18.1. The molecule has 7 nitrogen and oxygen atoms in total. The van der Waals surface area contributed by atoms with Crippen LogP contribution in [-0.4, -0.2) is 21.0 Å². The summed E-state index contributed by atoms with van der Waals surface area (Å²) in [5.41, 5.74) is 1.82. The van der Waals surface area contributed by atoms with Crippen molar-refractivity contribution in [3.05, 3.63) is 80.3 Å². The van der Waals surface area contributed by atoms with E-state index in [1.165, 1.54) is 18.2 Å². The van der Waals surface area contributed by atoms with E-state index in [1.807, 2.05) is 30.3 Å². The van der Waals surface area contributed by atoms with Gasteiger partial charge in [0.15, 0.2) is 5.17 Å².